The van der Waals surface area contributed by atoms with Gasteiger partial charge in [0.2, 0.25) is 5.91 Å². The predicted molar refractivity (Wildman–Crippen MR) is 171 cm³/mol. The first-order valence-corrected chi connectivity index (χ1v) is 17.9. The number of carbonyl (C=O) groups is 1. The van der Waals surface area contributed by atoms with Crippen molar-refractivity contribution >= 4 is 16.0 Å². The maximum Gasteiger partial charge on any atom is 0.267 e. The standard InChI is InChI=1S/C33H61NO6S/c1-3-5-7-9-11-12-13-14-15-16-17-18-19-20-21-22-24-26-28-32(36)33(37)34-30(29-41(38,39)40)31(35)27-25-23-10-8-6-4-2/h11-14,25,27,30-32,35-36H,3-10,15-24,26,28-29H2,1-2H3,(H,34,37)(H,38,39,40)/b12-11-,14-13-,27-25+. The molecular weight excluding hydrogens is 538 g/mol. The van der Waals surface area contributed by atoms with E-state index in [0.717, 1.165) is 57.8 Å². The minimum atomic E-state index is -4.42. The first-order chi connectivity index (χ1) is 19.7. The zero-order valence-corrected chi connectivity index (χ0v) is 26.8. The van der Waals surface area contributed by atoms with Crippen molar-refractivity contribution in [2.45, 2.75) is 161 Å². The molecule has 1 amide bonds. The summed E-state index contributed by atoms with van der Waals surface area (Å²) in [6.45, 7) is 4.35. The maximum absolute atomic E-state index is 12.4. The highest BCUT2D eigenvalue weighted by Gasteiger charge is 2.27. The number of hydrogen-bond donors (Lipinski definition) is 4. The number of amides is 1. The molecule has 0 aromatic rings. The van der Waals surface area contributed by atoms with E-state index in [4.69, 9.17) is 0 Å². The van der Waals surface area contributed by atoms with Gasteiger partial charge in [-0.2, -0.15) is 8.42 Å². The summed E-state index contributed by atoms with van der Waals surface area (Å²) in [6.07, 6.45) is 30.9. The van der Waals surface area contributed by atoms with E-state index in [1.807, 2.05) is 0 Å². The van der Waals surface area contributed by atoms with Crippen LogP contribution >= 0.6 is 0 Å². The van der Waals surface area contributed by atoms with Crippen molar-refractivity contribution in [3.63, 3.8) is 0 Å². The summed E-state index contributed by atoms with van der Waals surface area (Å²) in [6, 6.07) is -1.23. The highest BCUT2D eigenvalue weighted by atomic mass is 32.2. The Labute approximate surface area is 251 Å². The molecule has 0 aromatic carbocycles. The largest absolute Gasteiger partial charge is 0.387 e. The average Bonchev–Trinajstić information content (AvgIpc) is 2.92. The van der Waals surface area contributed by atoms with Crippen LogP contribution in [0.15, 0.2) is 36.5 Å². The number of rotatable bonds is 28. The Bertz CT molecular complexity index is 809. The van der Waals surface area contributed by atoms with E-state index in [1.165, 1.54) is 63.9 Å². The molecule has 0 aliphatic carbocycles. The molecule has 3 unspecified atom stereocenters. The van der Waals surface area contributed by atoms with Crippen molar-refractivity contribution in [1.29, 1.82) is 0 Å². The summed E-state index contributed by atoms with van der Waals surface area (Å²) in [5.41, 5.74) is 0. The summed E-state index contributed by atoms with van der Waals surface area (Å²) in [7, 11) is -4.42. The van der Waals surface area contributed by atoms with Crippen LogP contribution in [-0.2, 0) is 14.9 Å². The minimum Gasteiger partial charge on any atom is -0.387 e. The van der Waals surface area contributed by atoms with Crippen LogP contribution < -0.4 is 5.32 Å². The Morgan fingerprint density at radius 2 is 1.12 bits per heavy atom. The zero-order valence-electron chi connectivity index (χ0n) is 26.0. The van der Waals surface area contributed by atoms with Gasteiger partial charge in [-0.3, -0.25) is 9.35 Å². The van der Waals surface area contributed by atoms with Gasteiger partial charge in [-0.1, -0.05) is 134 Å². The molecule has 0 saturated carbocycles. The summed E-state index contributed by atoms with van der Waals surface area (Å²) in [5, 5.41) is 23.0. The quantitative estimate of drug-likeness (QED) is 0.0318. The van der Waals surface area contributed by atoms with Gasteiger partial charge >= 0.3 is 0 Å². The summed E-state index contributed by atoms with van der Waals surface area (Å²) in [5.74, 6) is -1.55. The Hall–Kier alpha value is -1.48. The second-order valence-electron chi connectivity index (χ2n) is 11.3. The third kappa shape index (κ3) is 27.1. The molecule has 3 atom stereocenters. The third-order valence-corrected chi connectivity index (χ3v) is 7.98. The number of carbonyl (C=O) groups excluding carboxylic acids is 1. The van der Waals surface area contributed by atoms with Crippen LogP contribution in [-0.4, -0.2) is 53.1 Å². The van der Waals surface area contributed by atoms with Crippen molar-refractivity contribution in [2.24, 2.45) is 0 Å². The van der Waals surface area contributed by atoms with Gasteiger partial charge in [0.25, 0.3) is 10.1 Å². The van der Waals surface area contributed by atoms with E-state index in [-0.39, 0.29) is 6.42 Å². The first kappa shape index (κ1) is 39.5. The molecule has 8 heteroatoms. The molecule has 240 valence electrons. The number of aliphatic hydroxyl groups excluding tert-OH is 2. The first-order valence-electron chi connectivity index (χ1n) is 16.3. The van der Waals surface area contributed by atoms with Crippen LogP contribution in [0.3, 0.4) is 0 Å². The van der Waals surface area contributed by atoms with Gasteiger partial charge in [0.1, 0.15) is 6.10 Å². The number of allylic oxidation sites excluding steroid dienone is 5. The van der Waals surface area contributed by atoms with Crippen molar-refractivity contribution in [2.75, 3.05) is 5.75 Å². The maximum atomic E-state index is 12.4. The van der Waals surface area contributed by atoms with Crippen LogP contribution in [0, 0.1) is 0 Å². The van der Waals surface area contributed by atoms with Gasteiger partial charge in [0, 0.05) is 0 Å². The van der Waals surface area contributed by atoms with Crippen LogP contribution in [0.4, 0.5) is 0 Å². The molecule has 0 radical (unpaired) electrons. The van der Waals surface area contributed by atoms with Gasteiger partial charge in [-0.05, 0) is 44.9 Å². The van der Waals surface area contributed by atoms with E-state index in [9.17, 15) is 28.0 Å². The predicted octanol–water partition coefficient (Wildman–Crippen LogP) is 7.59. The molecule has 0 fully saturated rings. The fourth-order valence-corrected chi connectivity index (χ4v) is 5.35. The fraction of sp³-hybridized carbons (Fsp3) is 0.788. The van der Waals surface area contributed by atoms with Gasteiger partial charge in [0.05, 0.1) is 17.9 Å². The monoisotopic (exact) mass is 599 g/mol. The Kier molecular flexibility index (Phi) is 26.4. The molecule has 0 aliphatic heterocycles. The van der Waals surface area contributed by atoms with Crippen molar-refractivity contribution < 1.29 is 28.0 Å². The molecule has 0 spiro atoms. The lowest BCUT2D eigenvalue weighted by molar-refractivity contribution is -0.130. The van der Waals surface area contributed by atoms with Crippen molar-refractivity contribution in [3.05, 3.63) is 36.5 Å². The lowest BCUT2D eigenvalue weighted by atomic mass is 10.0. The number of aliphatic hydroxyl groups is 2. The number of hydrogen-bond acceptors (Lipinski definition) is 5. The molecule has 41 heavy (non-hydrogen) atoms. The Morgan fingerprint density at radius 3 is 1.66 bits per heavy atom. The van der Waals surface area contributed by atoms with E-state index < -0.39 is 40.0 Å². The van der Waals surface area contributed by atoms with E-state index in [0.29, 0.717) is 6.42 Å². The second kappa shape index (κ2) is 27.4. The van der Waals surface area contributed by atoms with Crippen LogP contribution in [0.1, 0.15) is 142 Å². The van der Waals surface area contributed by atoms with Gasteiger partial charge in [-0.25, -0.2) is 0 Å². The van der Waals surface area contributed by atoms with E-state index in [2.05, 4.69) is 43.5 Å². The fourth-order valence-electron chi connectivity index (χ4n) is 4.62. The van der Waals surface area contributed by atoms with Crippen molar-refractivity contribution in [1.82, 2.24) is 5.32 Å². The van der Waals surface area contributed by atoms with E-state index >= 15 is 0 Å². The Morgan fingerprint density at radius 1 is 0.683 bits per heavy atom. The van der Waals surface area contributed by atoms with Crippen LogP contribution in [0.25, 0.3) is 0 Å². The number of unbranched alkanes of at least 4 members (excludes halogenated alkanes) is 16. The lowest BCUT2D eigenvalue weighted by Gasteiger charge is -2.22. The molecule has 0 aliphatic rings. The third-order valence-electron chi connectivity index (χ3n) is 7.20. The summed E-state index contributed by atoms with van der Waals surface area (Å²) in [4.78, 5) is 12.4. The lowest BCUT2D eigenvalue weighted by Crippen LogP contribution is -2.50. The minimum absolute atomic E-state index is 0.273. The molecular formula is C33H61NO6S. The molecule has 0 bridgehead atoms. The average molecular weight is 600 g/mol. The molecule has 0 saturated heterocycles. The number of nitrogens with one attached hydrogen (secondary N) is 1. The smallest absolute Gasteiger partial charge is 0.267 e. The van der Waals surface area contributed by atoms with Gasteiger partial charge in [-0.15, -0.1) is 0 Å². The van der Waals surface area contributed by atoms with Gasteiger partial charge in [0.15, 0.2) is 0 Å². The highest BCUT2D eigenvalue weighted by molar-refractivity contribution is 7.85. The van der Waals surface area contributed by atoms with Crippen molar-refractivity contribution in [3.8, 4) is 0 Å². The molecule has 0 heterocycles. The van der Waals surface area contributed by atoms with Crippen LogP contribution in [0.2, 0.25) is 0 Å². The molecule has 7 nitrogen and oxygen atoms in total. The molecule has 4 N–H and O–H groups in total. The summed E-state index contributed by atoms with van der Waals surface area (Å²) >= 11 is 0. The Balaban J connectivity index is 4.03. The second-order valence-corrected chi connectivity index (χ2v) is 12.8. The topological polar surface area (TPSA) is 124 Å². The normalized spacial score (nSPS) is 14.8. The van der Waals surface area contributed by atoms with Gasteiger partial charge < -0.3 is 15.5 Å². The van der Waals surface area contributed by atoms with E-state index in [1.54, 1.807) is 6.08 Å². The van der Waals surface area contributed by atoms with Crippen LogP contribution in [0.5, 0.6) is 0 Å². The highest BCUT2D eigenvalue weighted by Crippen LogP contribution is 2.13. The SMILES string of the molecule is CCCCC/C=C\C=C/CCCCCCCCCCCC(O)C(=O)NC(CS(=O)(=O)O)C(O)/C=C/CCCCCC. The zero-order chi connectivity index (χ0) is 30.6. The summed E-state index contributed by atoms with van der Waals surface area (Å²) < 4.78 is 32.0. The molecule has 0 rings (SSSR count). The molecule has 0 aromatic heterocycles.